The largest absolute Gasteiger partial charge is 0.365 e. The molecule has 4 amide bonds. The van der Waals surface area contributed by atoms with Crippen molar-refractivity contribution in [1.82, 2.24) is 0 Å². The molecule has 0 spiro atoms. The minimum Gasteiger partial charge on any atom is -0.365 e. The van der Waals surface area contributed by atoms with Gasteiger partial charge in [0, 0.05) is 20.9 Å². The Bertz CT molecular complexity index is 1370. The maximum Gasteiger partial charge on any atom is 0.256 e. The van der Waals surface area contributed by atoms with Crippen molar-refractivity contribution in [2.24, 2.45) is 23.3 Å². The number of thiophene rings is 2. The van der Waals surface area contributed by atoms with E-state index in [4.69, 9.17) is 11.5 Å². The van der Waals surface area contributed by atoms with Crippen LogP contribution in [0.15, 0.2) is 24.3 Å². The first-order valence-electron chi connectivity index (χ1n) is 12.7. The van der Waals surface area contributed by atoms with Crippen molar-refractivity contribution in [1.29, 1.82) is 0 Å². The Morgan fingerprint density at radius 2 is 1.18 bits per heavy atom. The van der Waals surface area contributed by atoms with Gasteiger partial charge in [-0.1, -0.05) is 19.9 Å². The molecule has 0 saturated carbocycles. The highest BCUT2D eigenvalue weighted by Crippen LogP contribution is 2.41. The summed E-state index contributed by atoms with van der Waals surface area (Å²) < 4.78 is 0. The summed E-state index contributed by atoms with van der Waals surface area (Å²) in [6.07, 6.45) is 5.16. The van der Waals surface area contributed by atoms with Crippen molar-refractivity contribution in [3.05, 3.63) is 67.4 Å². The zero-order valence-corrected chi connectivity index (χ0v) is 22.9. The Morgan fingerprint density at radius 1 is 0.763 bits per heavy atom. The molecule has 1 aromatic carbocycles. The van der Waals surface area contributed by atoms with Crippen molar-refractivity contribution in [2.75, 3.05) is 10.6 Å². The molecule has 0 fully saturated rings. The van der Waals surface area contributed by atoms with Gasteiger partial charge in [0.25, 0.3) is 23.6 Å². The van der Waals surface area contributed by atoms with Crippen molar-refractivity contribution < 1.29 is 19.2 Å². The number of amides is 4. The molecule has 10 heteroatoms. The van der Waals surface area contributed by atoms with Crippen LogP contribution in [0.4, 0.5) is 10.0 Å². The van der Waals surface area contributed by atoms with Gasteiger partial charge in [0.2, 0.25) is 0 Å². The summed E-state index contributed by atoms with van der Waals surface area (Å²) in [7, 11) is 0. The van der Waals surface area contributed by atoms with Gasteiger partial charge >= 0.3 is 0 Å². The fraction of sp³-hybridized carbons (Fsp3) is 0.357. The predicted molar refractivity (Wildman–Crippen MR) is 150 cm³/mol. The van der Waals surface area contributed by atoms with Gasteiger partial charge in [0.05, 0.1) is 11.1 Å². The standard InChI is InChI=1S/C28H30N4O4S2/c1-13-6-8-17-19(10-13)37-27(21(17)23(29)33)31-25(35)15-4-3-5-16(12-15)26(36)32-28-22(24(30)34)18-9-7-14(2)11-20(18)38-28/h3-5,12-14H,6-11H2,1-2H3,(H2,29,33)(H2,30,34)(H,31,35)(H,32,36). The maximum absolute atomic E-state index is 13.2. The Labute approximate surface area is 228 Å². The second-order valence-electron chi connectivity index (χ2n) is 10.3. The highest BCUT2D eigenvalue weighted by Gasteiger charge is 2.29. The summed E-state index contributed by atoms with van der Waals surface area (Å²) in [5.74, 6) is -0.974. The lowest BCUT2D eigenvalue weighted by atomic mass is 9.88. The number of fused-ring (bicyclic) bond motifs is 2. The highest BCUT2D eigenvalue weighted by atomic mass is 32.1. The van der Waals surface area contributed by atoms with Gasteiger partial charge in [0.15, 0.2) is 0 Å². The van der Waals surface area contributed by atoms with E-state index in [1.807, 2.05) is 0 Å². The third-order valence-electron chi connectivity index (χ3n) is 7.36. The molecule has 198 valence electrons. The van der Waals surface area contributed by atoms with Crippen LogP contribution in [0.2, 0.25) is 0 Å². The van der Waals surface area contributed by atoms with E-state index in [1.165, 1.54) is 28.7 Å². The van der Waals surface area contributed by atoms with E-state index in [-0.39, 0.29) is 11.1 Å². The first kappa shape index (κ1) is 26.1. The summed E-state index contributed by atoms with van der Waals surface area (Å²) in [5, 5.41) is 6.58. The third kappa shape index (κ3) is 4.98. The summed E-state index contributed by atoms with van der Waals surface area (Å²) in [4.78, 5) is 52.9. The summed E-state index contributed by atoms with van der Waals surface area (Å²) >= 11 is 2.78. The molecule has 0 aliphatic heterocycles. The number of anilines is 2. The SMILES string of the molecule is CC1CCc2c(sc(NC(=O)c3cccc(C(=O)Nc4sc5c(c4C(N)=O)CCC(C)C5)c3)c2C(N)=O)C1. The van der Waals surface area contributed by atoms with Crippen LogP contribution < -0.4 is 22.1 Å². The van der Waals surface area contributed by atoms with E-state index in [9.17, 15) is 19.2 Å². The number of hydrogen-bond acceptors (Lipinski definition) is 6. The van der Waals surface area contributed by atoms with Crippen LogP contribution in [0, 0.1) is 11.8 Å². The van der Waals surface area contributed by atoms with Crippen LogP contribution in [0.1, 0.15) is 89.0 Å². The van der Waals surface area contributed by atoms with Gasteiger partial charge in [0.1, 0.15) is 10.0 Å². The quantitative estimate of drug-likeness (QED) is 0.351. The van der Waals surface area contributed by atoms with Gasteiger partial charge in [-0.25, -0.2) is 0 Å². The third-order valence-corrected chi connectivity index (χ3v) is 9.70. The molecule has 2 atom stereocenters. The zero-order chi connectivity index (χ0) is 27.1. The predicted octanol–water partition coefficient (Wildman–Crippen LogP) is 4.76. The van der Waals surface area contributed by atoms with Crippen LogP contribution in [-0.4, -0.2) is 23.6 Å². The summed E-state index contributed by atoms with van der Waals surface area (Å²) in [6.45, 7) is 4.33. The molecule has 6 N–H and O–H groups in total. The number of carbonyl (C=O) groups is 4. The van der Waals surface area contributed by atoms with Gasteiger partial charge in [-0.2, -0.15) is 0 Å². The van der Waals surface area contributed by atoms with Gasteiger partial charge < -0.3 is 22.1 Å². The second-order valence-corrected chi connectivity index (χ2v) is 12.5. The van der Waals surface area contributed by atoms with Crippen LogP contribution in [0.3, 0.4) is 0 Å². The molecule has 5 rings (SSSR count). The molecule has 2 unspecified atom stereocenters. The number of primary amides is 2. The summed E-state index contributed by atoms with van der Waals surface area (Å²) in [5.41, 5.74) is 14.5. The van der Waals surface area contributed by atoms with Gasteiger partial charge in [-0.3, -0.25) is 19.2 Å². The molecule has 2 aliphatic carbocycles. The number of hydrogen-bond donors (Lipinski definition) is 4. The molecule has 0 radical (unpaired) electrons. The van der Waals surface area contributed by atoms with E-state index in [1.54, 1.807) is 18.2 Å². The summed E-state index contributed by atoms with van der Waals surface area (Å²) in [6, 6.07) is 6.32. The number of benzene rings is 1. The Balaban J connectivity index is 1.37. The molecular formula is C28H30N4O4S2. The fourth-order valence-corrected chi connectivity index (χ4v) is 8.17. The molecule has 8 nitrogen and oxygen atoms in total. The molecular weight excluding hydrogens is 520 g/mol. The maximum atomic E-state index is 13.2. The molecule has 2 aliphatic rings. The number of nitrogens with two attached hydrogens (primary N) is 2. The smallest absolute Gasteiger partial charge is 0.256 e. The first-order chi connectivity index (χ1) is 18.1. The fourth-order valence-electron chi connectivity index (χ4n) is 5.35. The van der Waals surface area contributed by atoms with Crippen LogP contribution in [0.5, 0.6) is 0 Å². The van der Waals surface area contributed by atoms with E-state index in [2.05, 4.69) is 24.5 Å². The minimum atomic E-state index is -0.557. The number of carbonyl (C=O) groups excluding carboxylic acids is 4. The lowest BCUT2D eigenvalue weighted by Gasteiger charge is -2.18. The lowest BCUT2D eigenvalue weighted by Crippen LogP contribution is -2.20. The first-order valence-corrected chi connectivity index (χ1v) is 14.4. The molecule has 38 heavy (non-hydrogen) atoms. The Hall–Kier alpha value is -3.50. The Morgan fingerprint density at radius 3 is 1.58 bits per heavy atom. The van der Waals surface area contributed by atoms with E-state index in [0.29, 0.717) is 33.0 Å². The monoisotopic (exact) mass is 550 g/mol. The van der Waals surface area contributed by atoms with Crippen molar-refractivity contribution in [3.63, 3.8) is 0 Å². The number of rotatable bonds is 6. The van der Waals surface area contributed by atoms with Crippen LogP contribution in [0.25, 0.3) is 0 Å². The Kier molecular flexibility index (Phi) is 7.11. The number of nitrogens with one attached hydrogen (secondary N) is 2. The van der Waals surface area contributed by atoms with Crippen LogP contribution >= 0.6 is 22.7 Å². The molecule has 3 aromatic rings. The topological polar surface area (TPSA) is 144 Å². The molecule has 0 bridgehead atoms. The zero-order valence-electron chi connectivity index (χ0n) is 21.3. The average Bonchev–Trinajstić information content (AvgIpc) is 3.40. The van der Waals surface area contributed by atoms with E-state index in [0.717, 1.165) is 59.4 Å². The van der Waals surface area contributed by atoms with Gasteiger partial charge in [-0.05, 0) is 79.7 Å². The van der Waals surface area contributed by atoms with Crippen molar-refractivity contribution in [3.8, 4) is 0 Å². The lowest BCUT2D eigenvalue weighted by molar-refractivity contribution is 0.0990. The minimum absolute atomic E-state index is 0.266. The van der Waals surface area contributed by atoms with E-state index >= 15 is 0 Å². The van der Waals surface area contributed by atoms with Gasteiger partial charge in [-0.15, -0.1) is 22.7 Å². The molecule has 0 saturated heterocycles. The van der Waals surface area contributed by atoms with Crippen molar-refractivity contribution >= 4 is 56.3 Å². The van der Waals surface area contributed by atoms with E-state index < -0.39 is 23.6 Å². The normalized spacial score (nSPS) is 18.3. The molecule has 2 heterocycles. The average molecular weight is 551 g/mol. The molecule has 2 aromatic heterocycles. The second kappa shape index (κ2) is 10.3. The van der Waals surface area contributed by atoms with Crippen LogP contribution in [-0.2, 0) is 25.7 Å². The highest BCUT2D eigenvalue weighted by molar-refractivity contribution is 7.17. The van der Waals surface area contributed by atoms with Crippen molar-refractivity contribution in [2.45, 2.75) is 52.4 Å².